The summed E-state index contributed by atoms with van der Waals surface area (Å²) in [5.41, 5.74) is 8.99. The van der Waals surface area contributed by atoms with Gasteiger partial charge in [0, 0.05) is 9.61 Å². The van der Waals surface area contributed by atoms with Gasteiger partial charge >= 0.3 is 0 Å². The van der Waals surface area contributed by atoms with Gasteiger partial charge in [0.2, 0.25) is 0 Å². The lowest BCUT2D eigenvalue weighted by Gasteiger charge is -2.28. The number of fused-ring (bicyclic) bond motifs is 1. The van der Waals surface area contributed by atoms with Crippen molar-refractivity contribution in [2.75, 3.05) is 6.61 Å². The predicted molar refractivity (Wildman–Crippen MR) is 90.0 cm³/mol. The molecule has 2 N–H and O–H groups in total. The Balaban J connectivity index is 1.81. The number of para-hydroxylation sites is 1. The van der Waals surface area contributed by atoms with Gasteiger partial charge < -0.3 is 10.5 Å². The van der Waals surface area contributed by atoms with Crippen LogP contribution in [0.1, 0.15) is 35.9 Å². The van der Waals surface area contributed by atoms with Gasteiger partial charge in [-0.1, -0.05) is 36.4 Å². The second-order valence-electron chi connectivity index (χ2n) is 5.24. The second kappa shape index (κ2) is 6.14. The standard InChI is InChI=1S/C17H18INO/c18-15-7-3-1-6-14(15)16(19)11-12-9-10-20-17-8-4-2-5-13(12)17/h1-8,12,16H,9-11,19H2. The molecule has 3 heteroatoms. The summed E-state index contributed by atoms with van der Waals surface area (Å²) in [6, 6.07) is 16.8. The predicted octanol–water partition coefficient (Wildman–Crippen LogP) is 4.25. The normalized spacial score (nSPS) is 19.0. The fourth-order valence-electron chi connectivity index (χ4n) is 2.87. The summed E-state index contributed by atoms with van der Waals surface area (Å²) >= 11 is 2.37. The van der Waals surface area contributed by atoms with E-state index >= 15 is 0 Å². The highest BCUT2D eigenvalue weighted by molar-refractivity contribution is 14.1. The summed E-state index contributed by atoms with van der Waals surface area (Å²) in [5.74, 6) is 1.52. The Labute approximate surface area is 133 Å². The minimum atomic E-state index is 0.0826. The van der Waals surface area contributed by atoms with Gasteiger partial charge in [0.1, 0.15) is 5.75 Å². The van der Waals surface area contributed by atoms with Crippen LogP contribution in [-0.4, -0.2) is 6.61 Å². The van der Waals surface area contributed by atoms with Gasteiger partial charge in [-0.2, -0.15) is 0 Å². The zero-order chi connectivity index (χ0) is 13.9. The third kappa shape index (κ3) is 2.83. The van der Waals surface area contributed by atoms with E-state index in [1.807, 2.05) is 6.07 Å². The summed E-state index contributed by atoms with van der Waals surface area (Å²) in [6.07, 6.45) is 2.02. The van der Waals surface area contributed by atoms with Crippen LogP contribution in [0.3, 0.4) is 0 Å². The second-order valence-corrected chi connectivity index (χ2v) is 6.40. The molecule has 104 valence electrons. The molecule has 0 bridgehead atoms. The maximum atomic E-state index is 6.44. The van der Waals surface area contributed by atoms with Crippen LogP contribution >= 0.6 is 22.6 Å². The molecule has 0 aromatic heterocycles. The quantitative estimate of drug-likeness (QED) is 0.810. The smallest absolute Gasteiger partial charge is 0.122 e. The Hall–Kier alpha value is -1.07. The van der Waals surface area contributed by atoms with Crippen molar-refractivity contribution in [3.05, 3.63) is 63.2 Å². The largest absolute Gasteiger partial charge is 0.493 e. The summed E-state index contributed by atoms with van der Waals surface area (Å²) in [6.45, 7) is 0.792. The minimum absolute atomic E-state index is 0.0826. The van der Waals surface area contributed by atoms with Gasteiger partial charge in [-0.3, -0.25) is 0 Å². The van der Waals surface area contributed by atoms with E-state index in [1.165, 1.54) is 14.7 Å². The molecule has 0 spiro atoms. The van der Waals surface area contributed by atoms with Gasteiger partial charge in [-0.05, 0) is 64.6 Å². The van der Waals surface area contributed by atoms with E-state index in [0.717, 1.165) is 25.2 Å². The fourth-order valence-corrected chi connectivity index (χ4v) is 3.66. The first-order valence-electron chi connectivity index (χ1n) is 6.97. The molecule has 0 amide bonds. The van der Waals surface area contributed by atoms with Crippen LogP contribution in [0.2, 0.25) is 0 Å². The first-order chi connectivity index (χ1) is 9.75. The van der Waals surface area contributed by atoms with E-state index in [0.29, 0.717) is 5.92 Å². The molecular weight excluding hydrogens is 361 g/mol. The van der Waals surface area contributed by atoms with Crippen LogP contribution in [0.4, 0.5) is 0 Å². The third-order valence-corrected chi connectivity index (χ3v) is 4.91. The van der Waals surface area contributed by atoms with E-state index < -0.39 is 0 Å². The average Bonchev–Trinajstić information content (AvgIpc) is 2.48. The first kappa shape index (κ1) is 13.9. The van der Waals surface area contributed by atoms with Crippen molar-refractivity contribution >= 4 is 22.6 Å². The summed E-state index contributed by atoms with van der Waals surface area (Å²) < 4.78 is 6.97. The minimum Gasteiger partial charge on any atom is -0.493 e. The Morgan fingerprint density at radius 1 is 1.15 bits per heavy atom. The molecule has 0 saturated carbocycles. The van der Waals surface area contributed by atoms with Gasteiger partial charge in [0.15, 0.2) is 0 Å². The highest BCUT2D eigenvalue weighted by atomic mass is 127. The van der Waals surface area contributed by atoms with Crippen LogP contribution in [0.15, 0.2) is 48.5 Å². The molecule has 20 heavy (non-hydrogen) atoms. The molecule has 1 aliphatic heterocycles. The Morgan fingerprint density at radius 2 is 1.90 bits per heavy atom. The monoisotopic (exact) mass is 379 g/mol. The highest BCUT2D eigenvalue weighted by Crippen LogP contribution is 2.38. The SMILES string of the molecule is NC(CC1CCOc2ccccc21)c1ccccc1I. The molecule has 3 rings (SSSR count). The molecule has 0 saturated heterocycles. The number of hydrogen-bond donors (Lipinski definition) is 1. The van der Waals surface area contributed by atoms with Crippen LogP contribution in [-0.2, 0) is 0 Å². The van der Waals surface area contributed by atoms with Crippen LogP contribution < -0.4 is 10.5 Å². The maximum Gasteiger partial charge on any atom is 0.122 e. The van der Waals surface area contributed by atoms with Crippen molar-refractivity contribution in [1.29, 1.82) is 0 Å². The number of ether oxygens (including phenoxy) is 1. The molecule has 2 aromatic rings. The molecule has 1 aliphatic rings. The van der Waals surface area contributed by atoms with E-state index in [1.54, 1.807) is 0 Å². The van der Waals surface area contributed by atoms with Crippen molar-refractivity contribution in [2.45, 2.75) is 24.8 Å². The molecule has 1 heterocycles. The topological polar surface area (TPSA) is 35.2 Å². The van der Waals surface area contributed by atoms with Crippen LogP contribution in [0.5, 0.6) is 5.75 Å². The Kier molecular flexibility index (Phi) is 4.27. The van der Waals surface area contributed by atoms with E-state index in [-0.39, 0.29) is 6.04 Å². The molecule has 0 fully saturated rings. The number of hydrogen-bond acceptors (Lipinski definition) is 2. The number of rotatable bonds is 3. The number of nitrogens with two attached hydrogens (primary N) is 1. The summed E-state index contributed by atoms with van der Waals surface area (Å²) in [5, 5.41) is 0. The number of benzene rings is 2. The molecule has 0 radical (unpaired) electrons. The molecule has 0 aliphatic carbocycles. The molecule has 2 nitrogen and oxygen atoms in total. The van der Waals surface area contributed by atoms with Gasteiger partial charge in [0.25, 0.3) is 0 Å². The Morgan fingerprint density at radius 3 is 2.75 bits per heavy atom. The van der Waals surface area contributed by atoms with E-state index in [4.69, 9.17) is 10.5 Å². The third-order valence-electron chi connectivity index (χ3n) is 3.93. The first-order valence-corrected chi connectivity index (χ1v) is 8.05. The van der Waals surface area contributed by atoms with Crippen molar-refractivity contribution in [2.24, 2.45) is 5.73 Å². The lowest BCUT2D eigenvalue weighted by molar-refractivity contribution is 0.259. The number of halogens is 1. The van der Waals surface area contributed by atoms with Crippen molar-refractivity contribution in [3.8, 4) is 5.75 Å². The summed E-state index contributed by atoms with van der Waals surface area (Å²) in [7, 11) is 0. The zero-order valence-corrected chi connectivity index (χ0v) is 13.4. The van der Waals surface area contributed by atoms with E-state index in [2.05, 4.69) is 65.1 Å². The fraction of sp³-hybridized carbons (Fsp3) is 0.294. The average molecular weight is 379 g/mol. The van der Waals surface area contributed by atoms with Gasteiger partial charge in [-0.15, -0.1) is 0 Å². The van der Waals surface area contributed by atoms with Crippen molar-refractivity contribution in [1.82, 2.24) is 0 Å². The van der Waals surface area contributed by atoms with Crippen LogP contribution in [0.25, 0.3) is 0 Å². The molecule has 2 unspecified atom stereocenters. The zero-order valence-electron chi connectivity index (χ0n) is 11.3. The summed E-state index contributed by atoms with van der Waals surface area (Å²) in [4.78, 5) is 0. The molecular formula is C17H18INO. The highest BCUT2D eigenvalue weighted by Gasteiger charge is 2.24. The van der Waals surface area contributed by atoms with Crippen molar-refractivity contribution < 1.29 is 4.74 Å². The van der Waals surface area contributed by atoms with E-state index in [9.17, 15) is 0 Å². The van der Waals surface area contributed by atoms with Crippen LogP contribution in [0, 0.1) is 3.57 Å². The van der Waals surface area contributed by atoms with Gasteiger partial charge in [0.05, 0.1) is 6.61 Å². The molecule has 2 aromatic carbocycles. The Bertz CT molecular complexity index is 599. The molecule has 2 atom stereocenters. The van der Waals surface area contributed by atoms with Gasteiger partial charge in [-0.25, -0.2) is 0 Å². The maximum absolute atomic E-state index is 6.44. The van der Waals surface area contributed by atoms with Crippen molar-refractivity contribution in [3.63, 3.8) is 0 Å². The lowest BCUT2D eigenvalue weighted by Crippen LogP contribution is -2.20. The lowest BCUT2D eigenvalue weighted by atomic mass is 9.86.